The average Bonchev–Trinajstić information content (AvgIpc) is 2.84. The average molecular weight is 184 g/mol. The third-order valence-corrected chi connectivity index (χ3v) is 2.67. The topological polar surface area (TPSA) is 26.3 Å². The molecule has 1 rings (SSSR count). The van der Waals surface area contributed by atoms with Gasteiger partial charge in [-0.1, -0.05) is 26.7 Å². The summed E-state index contributed by atoms with van der Waals surface area (Å²) in [5, 5.41) is 0. The van der Waals surface area contributed by atoms with E-state index in [4.69, 9.17) is 4.74 Å². The van der Waals surface area contributed by atoms with Crippen molar-refractivity contribution in [1.29, 1.82) is 0 Å². The second-order valence-corrected chi connectivity index (χ2v) is 4.35. The highest BCUT2D eigenvalue weighted by Crippen LogP contribution is 2.33. The first kappa shape index (κ1) is 10.7. The number of carbonyl (C=O) groups excluding carboxylic acids is 1. The first-order valence-corrected chi connectivity index (χ1v) is 5.20. The Morgan fingerprint density at radius 1 is 1.46 bits per heavy atom. The van der Waals surface area contributed by atoms with Crippen molar-refractivity contribution in [3.8, 4) is 0 Å². The van der Waals surface area contributed by atoms with Crippen LogP contribution in [0.5, 0.6) is 0 Å². The maximum absolute atomic E-state index is 11.6. The Bertz CT molecular complexity index is 171. The molecule has 1 fully saturated rings. The van der Waals surface area contributed by atoms with Crippen LogP contribution in [0, 0.1) is 11.8 Å². The highest BCUT2D eigenvalue weighted by Gasteiger charge is 2.26. The molecule has 2 heteroatoms. The number of rotatable bonds is 6. The molecule has 76 valence electrons. The van der Waals surface area contributed by atoms with Gasteiger partial charge < -0.3 is 4.74 Å². The zero-order valence-corrected chi connectivity index (χ0v) is 8.88. The summed E-state index contributed by atoms with van der Waals surface area (Å²) in [5.74, 6) is 1.43. The fourth-order valence-corrected chi connectivity index (χ4v) is 1.67. The van der Waals surface area contributed by atoms with Crippen LogP contribution in [0.25, 0.3) is 0 Å². The van der Waals surface area contributed by atoms with E-state index in [0.29, 0.717) is 12.3 Å². The fraction of sp³-hybridized carbons (Fsp3) is 0.909. The van der Waals surface area contributed by atoms with Gasteiger partial charge in [-0.3, -0.25) is 4.79 Å². The molecule has 0 radical (unpaired) electrons. The summed E-state index contributed by atoms with van der Waals surface area (Å²) >= 11 is 0. The van der Waals surface area contributed by atoms with Gasteiger partial charge in [0.1, 0.15) is 6.10 Å². The number of Topliss-reactive ketones (excluding diaryl/α,β-unsaturated/α-hetero) is 1. The van der Waals surface area contributed by atoms with Crippen LogP contribution in [-0.4, -0.2) is 19.0 Å². The highest BCUT2D eigenvalue weighted by molar-refractivity contribution is 5.83. The lowest BCUT2D eigenvalue weighted by Gasteiger charge is -2.17. The standard InChI is InChI=1S/C11H20O2/c1-8(2)11(13-3)10(12)7-6-9-4-5-9/h8-9,11H,4-7H2,1-3H3. The molecular formula is C11H20O2. The van der Waals surface area contributed by atoms with Gasteiger partial charge in [-0.05, 0) is 18.3 Å². The maximum Gasteiger partial charge on any atom is 0.161 e. The Balaban J connectivity index is 2.25. The highest BCUT2D eigenvalue weighted by atomic mass is 16.5. The zero-order chi connectivity index (χ0) is 9.84. The summed E-state index contributed by atoms with van der Waals surface area (Å²) < 4.78 is 5.18. The Kier molecular flexibility index (Phi) is 3.91. The van der Waals surface area contributed by atoms with Crippen LogP contribution in [0.4, 0.5) is 0 Å². The Morgan fingerprint density at radius 2 is 2.08 bits per heavy atom. The van der Waals surface area contributed by atoms with Gasteiger partial charge in [0.15, 0.2) is 5.78 Å². The van der Waals surface area contributed by atoms with Gasteiger partial charge in [0.05, 0.1) is 0 Å². The lowest BCUT2D eigenvalue weighted by atomic mass is 9.99. The number of carbonyl (C=O) groups is 1. The molecule has 0 N–H and O–H groups in total. The van der Waals surface area contributed by atoms with Crippen molar-refractivity contribution < 1.29 is 9.53 Å². The molecule has 13 heavy (non-hydrogen) atoms. The van der Waals surface area contributed by atoms with Crippen LogP contribution >= 0.6 is 0 Å². The maximum atomic E-state index is 11.6. The molecule has 1 saturated carbocycles. The molecule has 1 atom stereocenters. The third-order valence-electron chi connectivity index (χ3n) is 2.67. The van der Waals surface area contributed by atoms with Crippen LogP contribution in [0.1, 0.15) is 39.5 Å². The van der Waals surface area contributed by atoms with Gasteiger partial charge in [-0.15, -0.1) is 0 Å². The van der Waals surface area contributed by atoms with E-state index >= 15 is 0 Å². The van der Waals surface area contributed by atoms with Crippen LogP contribution in [-0.2, 0) is 9.53 Å². The summed E-state index contributed by atoms with van der Waals surface area (Å²) in [5.41, 5.74) is 0. The van der Waals surface area contributed by atoms with Crippen molar-refractivity contribution in [2.75, 3.05) is 7.11 Å². The van der Waals surface area contributed by atoms with Gasteiger partial charge in [0.25, 0.3) is 0 Å². The molecule has 0 saturated heterocycles. The summed E-state index contributed by atoms with van der Waals surface area (Å²) in [6.07, 6.45) is 4.25. The number of hydrogen-bond acceptors (Lipinski definition) is 2. The number of methoxy groups -OCH3 is 1. The van der Waals surface area contributed by atoms with Crippen LogP contribution in [0.15, 0.2) is 0 Å². The second kappa shape index (κ2) is 4.75. The Labute approximate surface area is 80.7 Å². The van der Waals surface area contributed by atoms with Crippen molar-refractivity contribution in [2.45, 2.75) is 45.6 Å². The first-order chi connectivity index (χ1) is 6.15. The molecule has 0 aromatic heterocycles. The largest absolute Gasteiger partial charge is 0.373 e. The molecular weight excluding hydrogens is 164 g/mol. The van der Waals surface area contributed by atoms with Crippen molar-refractivity contribution in [2.24, 2.45) is 11.8 Å². The molecule has 2 nitrogen and oxygen atoms in total. The van der Waals surface area contributed by atoms with E-state index in [0.717, 1.165) is 12.3 Å². The fourth-order valence-electron chi connectivity index (χ4n) is 1.67. The normalized spacial score (nSPS) is 19.1. The van der Waals surface area contributed by atoms with E-state index in [2.05, 4.69) is 0 Å². The molecule has 0 heterocycles. The van der Waals surface area contributed by atoms with E-state index < -0.39 is 0 Å². The molecule has 1 aliphatic carbocycles. The van der Waals surface area contributed by atoms with Crippen molar-refractivity contribution in [3.05, 3.63) is 0 Å². The van der Waals surface area contributed by atoms with E-state index in [9.17, 15) is 4.79 Å². The Morgan fingerprint density at radius 3 is 2.46 bits per heavy atom. The lowest BCUT2D eigenvalue weighted by Crippen LogP contribution is -2.28. The van der Waals surface area contributed by atoms with Crippen molar-refractivity contribution in [3.63, 3.8) is 0 Å². The van der Waals surface area contributed by atoms with E-state index in [-0.39, 0.29) is 11.9 Å². The summed E-state index contributed by atoms with van der Waals surface area (Å²) in [7, 11) is 1.62. The monoisotopic (exact) mass is 184 g/mol. The summed E-state index contributed by atoms with van der Waals surface area (Å²) in [6, 6.07) is 0. The SMILES string of the molecule is COC(C(=O)CCC1CC1)C(C)C. The van der Waals surface area contributed by atoms with Crippen molar-refractivity contribution >= 4 is 5.78 Å². The Hall–Kier alpha value is -0.370. The lowest BCUT2D eigenvalue weighted by molar-refractivity contribution is -0.131. The summed E-state index contributed by atoms with van der Waals surface area (Å²) in [6.45, 7) is 4.06. The minimum absolute atomic E-state index is 0.182. The van der Waals surface area contributed by atoms with Gasteiger partial charge in [0, 0.05) is 13.5 Å². The molecule has 0 amide bonds. The van der Waals surface area contributed by atoms with Gasteiger partial charge in [-0.25, -0.2) is 0 Å². The molecule has 0 spiro atoms. The number of hydrogen-bond donors (Lipinski definition) is 0. The first-order valence-electron chi connectivity index (χ1n) is 5.20. The van der Waals surface area contributed by atoms with E-state index in [1.54, 1.807) is 7.11 Å². The minimum atomic E-state index is -0.182. The van der Waals surface area contributed by atoms with Crippen molar-refractivity contribution in [1.82, 2.24) is 0 Å². The zero-order valence-electron chi connectivity index (χ0n) is 8.88. The van der Waals surface area contributed by atoms with Gasteiger partial charge in [0.2, 0.25) is 0 Å². The molecule has 1 unspecified atom stereocenters. The smallest absolute Gasteiger partial charge is 0.161 e. The summed E-state index contributed by atoms with van der Waals surface area (Å²) in [4.78, 5) is 11.6. The number of ether oxygens (including phenoxy) is 1. The van der Waals surface area contributed by atoms with E-state index in [1.165, 1.54) is 12.8 Å². The van der Waals surface area contributed by atoms with Crippen LogP contribution in [0.2, 0.25) is 0 Å². The number of ketones is 1. The molecule has 0 aliphatic heterocycles. The van der Waals surface area contributed by atoms with Crippen LogP contribution < -0.4 is 0 Å². The third kappa shape index (κ3) is 3.47. The van der Waals surface area contributed by atoms with Crippen LogP contribution in [0.3, 0.4) is 0 Å². The molecule has 0 aromatic carbocycles. The predicted octanol–water partition coefficient (Wildman–Crippen LogP) is 2.42. The molecule has 1 aliphatic rings. The predicted molar refractivity (Wildman–Crippen MR) is 52.6 cm³/mol. The second-order valence-electron chi connectivity index (χ2n) is 4.35. The quantitative estimate of drug-likeness (QED) is 0.633. The van der Waals surface area contributed by atoms with Gasteiger partial charge >= 0.3 is 0 Å². The minimum Gasteiger partial charge on any atom is -0.373 e. The van der Waals surface area contributed by atoms with Gasteiger partial charge in [-0.2, -0.15) is 0 Å². The van der Waals surface area contributed by atoms with E-state index in [1.807, 2.05) is 13.8 Å². The molecule has 0 aromatic rings. The molecule has 0 bridgehead atoms.